The van der Waals surface area contributed by atoms with Crippen LogP contribution in [0.25, 0.3) is 10.4 Å². The van der Waals surface area contributed by atoms with Crippen molar-refractivity contribution in [1.82, 2.24) is 0 Å². The predicted molar refractivity (Wildman–Crippen MR) is 51.6 cm³/mol. The first-order valence-electron chi connectivity index (χ1n) is 4.01. The average Bonchev–Trinajstić information content (AvgIpc) is 2.18. The van der Waals surface area contributed by atoms with E-state index in [1.807, 2.05) is 0 Å². The molecule has 0 aliphatic rings. The molecule has 6 heteroatoms. The van der Waals surface area contributed by atoms with Crippen molar-refractivity contribution in [3.63, 3.8) is 0 Å². The van der Waals surface area contributed by atoms with Gasteiger partial charge in [-0.15, -0.1) is 0 Å². The summed E-state index contributed by atoms with van der Waals surface area (Å²) >= 11 is 0. The Kier molecular flexibility index (Phi) is 3.43. The summed E-state index contributed by atoms with van der Waals surface area (Å²) < 4.78 is 4.62. The minimum Gasteiger partial charge on any atom is -0.422 e. The Labute approximate surface area is 85.1 Å². The lowest BCUT2D eigenvalue weighted by Crippen LogP contribution is -2.00. The number of carbonyl (C=O) groups excluding carboxylic acids is 2. The van der Waals surface area contributed by atoms with Gasteiger partial charge in [-0.3, -0.25) is 4.79 Å². The topological polar surface area (TPSA) is 92.1 Å². The molecule has 0 unspecified atom stereocenters. The number of ether oxygens (including phenoxy) is 1. The third-order valence-corrected chi connectivity index (χ3v) is 1.59. The van der Waals surface area contributed by atoms with Crippen molar-refractivity contribution in [2.75, 3.05) is 0 Å². The Hall–Kier alpha value is -2.33. The number of benzene rings is 1. The van der Waals surface area contributed by atoms with E-state index >= 15 is 0 Å². The molecule has 0 atom stereocenters. The molecule has 0 aromatic heterocycles. The van der Waals surface area contributed by atoms with Gasteiger partial charge in [-0.2, -0.15) is 0 Å². The van der Waals surface area contributed by atoms with Gasteiger partial charge in [0.2, 0.25) is 0 Å². The molecule has 0 radical (unpaired) electrons. The fourth-order valence-corrected chi connectivity index (χ4v) is 0.915. The van der Waals surface area contributed by atoms with Gasteiger partial charge >= 0.3 is 6.09 Å². The van der Waals surface area contributed by atoms with Crippen LogP contribution in [0.2, 0.25) is 0 Å². The van der Waals surface area contributed by atoms with Gasteiger partial charge in [-0.05, 0) is 36.7 Å². The minimum absolute atomic E-state index is 0.0806. The molecule has 1 aromatic carbocycles. The summed E-state index contributed by atoms with van der Waals surface area (Å²) in [4.78, 5) is 23.9. The van der Waals surface area contributed by atoms with E-state index in [0.29, 0.717) is 5.56 Å². The molecule has 0 heterocycles. The molecule has 0 bridgehead atoms. The summed E-state index contributed by atoms with van der Waals surface area (Å²) in [5.41, 5.74) is 8.46. The van der Waals surface area contributed by atoms with Gasteiger partial charge in [0, 0.05) is 15.6 Å². The third kappa shape index (κ3) is 3.13. The monoisotopic (exact) mass is 205 g/mol. The number of hydrogen-bond donors (Lipinski definition) is 0. The highest BCUT2D eigenvalue weighted by Gasteiger charge is 2.02. The van der Waals surface area contributed by atoms with Gasteiger partial charge in [0.1, 0.15) is 5.75 Å². The Bertz CT molecular complexity index is 432. The number of rotatable bonds is 2. The second kappa shape index (κ2) is 4.78. The van der Waals surface area contributed by atoms with E-state index in [-0.39, 0.29) is 11.5 Å². The lowest BCUT2D eigenvalue weighted by Gasteiger charge is -2.00. The van der Waals surface area contributed by atoms with Crippen LogP contribution in [0, 0.1) is 0 Å². The number of azide groups is 1. The summed E-state index contributed by atoms with van der Waals surface area (Å²) in [6.45, 7) is 1.43. The number of Topliss-reactive ketones (excluding diaryl/α,β-unsaturated/α-hetero) is 1. The summed E-state index contributed by atoms with van der Waals surface area (Å²) in [6, 6.07) is 5.92. The highest BCUT2D eigenvalue weighted by Crippen LogP contribution is 2.13. The molecule has 0 aliphatic heterocycles. The first kappa shape index (κ1) is 10.7. The minimum atomic E-state index is -1.03. The largest absolute Gasteiger partial charge is 0.422 e. The van der Waals surface area contributed by atoms with E-state index < -0.39 is 6.09 Å². The summed E-state index contributed by atoms with van der Waals surface area (Å²) in [5, 5.41) is 2.73. The fraction of sp³-hybridized carbons (Fsp3) is 0.111. The van der Waals surface area contributed by atoms with Gasteiger partial charge < -0.3 is 4.74 Å². The van der Waals surface area contributed by atoms with Crippen molar-refractivity contribution in [1.29, 1.82) is 0 Å². The van der Waals surface area contributed by atoms with Gasteiger partial charge in [-0.1, -0.05) is 0 Å². The quantitative estimate of drug-likeness (QED) is 0.321. The highest BCUT2D eigenvalue weighted by atomic mass is 16.5. The standard InChI is InChI=1S/C9H7N3O3/c1-6(13)7-2-4-8(5-3-7)15-9(14)11-12-10/h2-5H,1H3. The van der Waals surface area contributed by atoms with Crippen molar-refractivity contribution in [3.8, 4) is 5.75 Å². The van der Waals surface area contributed by atoms with Crippen molar-refractivity contribution >= 4 is 11.9 Å². The Morgan fingerprint density at radius 1 is 1.33 bits per heavy atom. The molecule has 0 fully saturated rings. The van der Waals surface area contributed by atoms with Crippen LogP contribution in [0.15, 0.2) is 29.4 Å². The molecule has 0 saturated carbocycles. The molecule has 0 aliphatic carbocycles. The molecular formula is C9H7N3O3. The lowest BCUT2D eigenvalue weighted by atomic mass is 10.1. The van der Waals surface area contributed by atoms with Crippen LogP contribution in [0.5, 0.6) is 5.75 Å². The van der Waals surface area contributed by atoms with Gasteiger partial charge in [0.15, 0.2) is 5.78 Å². The number of ketones is 1. The van der Waals surface area contributed by atoms with Crippen LogP contribution >= 0.6 is 0 Å². The summed E-state index contributed by atoms with van der Waals surface area (Å²) in [6.07, 6.45) is -1.03. The second-order valence-electron chi connectivity index (χ2n) is 2.64. The van der Waals surface area contributed by atoms with Crippen molar-refractivity contribution in [3.05, 3.63) is 40.3 Å². The van der Waals surface area contributed by atoms with Crippen LogP contribution in [0.3, 0.4) is 0 Å². The molecular weight excluding hydrogens is 198 g/mol. The van der Waals surface area contributed by atoms with E-state index in [4.69, 9.17) is 5.53 Å². The van der Waals surface area contributed by atoms with Crippen molar-refractivity contribution in [2.24, 2.45) is 5.11 Å². The van der Waals surface area contributed by atoms with Crippen LogP contribution in [0.4, 0.5) is 4.79 Å². The normalized spacial score (nSPS) is 8.87. The average molecular weight is 205 g/mol. The van der Waals surface area contributed by atoms with Crippen LogP contribution in [0.1, 0.15) is 17.3 Å². The van der Waals surface area contributed by atoms with Crippen LogP contribution in [-0.4, -0.2) is 11.9 Å². The molecule has 1 aromatic rings. The van der Waals surface area contributed by atoms with Gasteiger partial charge in [0.05, 0.1) is 0 Å². The van der Waals surface area contributed by atoms with E-state index in [0.717, 1.165) is 0 Å². The molecule has 1 rings (SSSR count). The number of hydrogen-bond acceptors (Lipinski definition) is 3. The highest BCUT2D eigenvalue weighted by molar-refractivity contribution is 5.94. The van der Waals surface area contributed by atoms with Crippen molar-refractivity contribution in [2.45, 2.75) is 6.92 Å². The summed E-state index contributed by atoms with van der Waals surface area (Å²) in [5.74, 6) is 0.139. The smallest absolute Gasteiger partial charge is 0.402 e. The number of carbonyl (C=O) groups is 2. The maximum Gasteiger partial charge on any atom is 0.402 e. The van der Waals surface area contributed by atoms with E-state index in [9.17, 15) is 9.59 Å². The predicted octanol–water partition coefficient (Wildman–Crippen LogP) is 2.70. The first-order valence-corrected chi connectivity index (χ1v) is 4.01. The molecule has 1 amide bonds. The maximum absolute atomic E-state index is 10.9. The van der Waals surface area contributed by atoms with Crippen LogP contribution in [-0.2, 0) is 0 Å². The molecule has 15 heavy (non-hydrogen) atoms. The molecule has 0 spiro atoms. The molecule has 6 nitrogen and oxygen atoms in total. The number of amides is 1. The van der Waals surface area contributed by atoms with E-state index in [1.165, 1.54) is 31.2 Å². The molecule has 76 valence electrons. The Balaban J connectivity index is 2.76. The second-order valence-corrected chi connectivity index (χ2v) is 2.64. The zero-order valence-electron chi connectivity index (χ0n) is 7.88. The van der Waals surface area contributed by atoms with E-state index in [2.05, 4.69) is 14.8 Å². The van der Waals surface area contributed by atoms with Gasteiger partial charge in [0.25, 0.3) is 0 Å². The zero-order chi connectivity index (χ0) is 11.3. The fourth-order valence-electron chi connectivity index (χ4n) is 0.915. The molecule has 0 N–H and O–H groups in total. The van der Waals surface area contributed by atoms with Gasteiger partial charge in [-0.25, -0.2) is 4.79 Å². The Morgan fingerprint density at radius 3 is 2.40 bits per heavy atom. The SMILES string of the molecule is CC(=O)c1ccc(OC(=O)N=[N+]=[N-])cc1. The third-order valence-electron chi connectivity index (χ3n) is 1.59. The maximum atomic E-state index is 10.9. The first-order chi connectivity index (χ1) is 7.13. The van der Waals surface area contributed by atoms with E-state index in [1.54, 1.807) is 0 Å². The molecule has 0 saturated heterocycles. The lowest BCUT2D eigenvalue weighted by molar-refractivity contribution is 0.101. The Morgan fingerprint density at radius 2 is 1.93 bits per heavy atom. The van der Waals surface area contributed by atoms with Crippen molar-refractivity contribution < 1.29 is 14.3 Å². The zero-order valence-corrected chi connectivity index (χ0v) is 7.88. The number of nitrogens with zero attached hydrogens (tertiary/aromatic N) is 3. The summed E-state index contributed by atoms with van der Waals surface area (Å²) in [7, 11) is 0. The van der Waals surface area contributed by atoms with Crippen LogP contribution < -0.4 is 4.74 Å².